The molecule has 1 unspecified atom stereocenters. The molecule has 102 valence electrons. The minimum Gasteiger partial charge on any atom is -0.465 e. The SMILES string of the molecule is CCCC(NCc1nncn1CC)C(=O)OCC. The van der Waals surface area contributed by atoms with Gasteiger partial charge in [0.2, 0.25) is 0 Å². The Bertz CT molecular complexity index is 365. The summed E-state index contributed by atoms with van der Waals surface area (Å²) in [4.78, 5) is 11.7. The van der Waals surface area contributed by atoms with Gasteiger partial charge in [-0.25, -0.2) is 0 Å². The first-order valence-electron chi connectivity index (χ1n) is 6.49. The van der Waals surface area contributed by atoms with Crippen molar-refractivity contribution in [3.63, 3.8) is 0 Å². The number of aryl methyl sites for hydroxylation is 1. The van der Waals surface area contributed by atoms with Gasteiger partial charge in [-0.15, -0.1) is 10.2 Å². The van der Waals surface area contributed by atoms with E-state index in [2.05, 4.69) is 15.5 Å². The molecule has 1 atom stereocenters. The third-order valence-electron chi connectivity index (χ3n) is 2.69. The Kier molecular flexibility index (Phi) is 6.35. The standard InChI is InChI=1S/C12H22N4O2/c1-4-7-10(12(17)18-6-3)13-8-11-15-14-9-16(11)5-2/h9-10,13H,4-8H2,1-3H3. The van der Waals surface area contributed by atoms with E-state index in [1.807, 2.05) is 25.3 Å². The lowest BCUT2D eigenvalue weighted by Gasteiger charge is -2.16. The quantitative estimate of drug-likeness (QED) is 0.704. The minimum atomic E-state index is -0.267. The zero-order valence-corrected chi connectivity index (χ0v) is 11.3. The van der Waals surface area contributed by atoms with Crippen LogP contribution in [0.3, 0.4) is 0 Å². The molecule has 6 nitrogen and oxygen atoms in total. The molecule has 1 aromatic rings. The number of aromatic nitrogens is 3. The summed E-state index contributed by atoms with van der Waals surface area (Å²) >= 11 is 0. The Balaban J connectivity index is 2.53. The van der Waals surface area contributed by atoms with Gasteiger partial charge in [-0.2, -0.15) is 0 Å². The topological polar surface area (TPSA) is 69.0 Å². The van der Waals surface area contributed by atoms with Gasteiger partial charge in [0.15, 0.2) is 0 Å². The number of esters is 1. The molecule has 0 fully saturated rings. The molecule has 6 heteroatoms. The van der Waals surface area contributed by atoms with Crippen LogP contribution in [0.5, 0.6) is 0 Å². The highest BCUT2D eigenvalue weighted by Crippen LogP contribution is 2.02. The summed E-state index contributed by atoms with van der Waals surface area (Å²) < 4.78 is 6.98. The number of hydrogen-bond acceptors (Lipinski definition) is 5. The van der Waals surface area contributed by atoms with Gasteiger partial charge >= 0.3 is 5.97 Å². The predicted octanol–water partition coefficient (Wildman–Crippen LogP) is 1.12. The van der Waals surface area contributed by atoms with Crippen molar-refractivity contribution in [3.8, 4) is 0 Å². The number of nitrogens with zero attached hydrogens (tertiary/aromatic N) is 3. The largest absolute Gasteiger partial charge is 0.465 e. The first kappa shape index (κ1) is 14.6. The monoisotopic (exact) mass is 254 g/mol. The fraction of sp³-hybridized carbons (Fsp3) is 0.750. The fourth-order valence-corrected chi connectivity index (χ4v) is 1.73. The molecular weight excluding hydrogens is 232 g/mol. The summed E-state index contributed by atoms with van der Waals surface area (Å²) in [6.45, 7) is 7.64. The fourth-order valence-electron chi connectivity index (χ4n) is 1.73. The van der Waals surface area contributed by atoms with Gasteiger partial charge in [0.25, 0.3) is 0 Å². The lowest BCUT2D eigenvalue weighted by molar-refractivity contribution is -0.145. The van der Waals surface area contributed by atoms with Gasteiger partial charge in [0.1, 0.15) is 18.2 Å². The number of ether oxygens (including phenoxy) is 1. The highest BCUT2D eigenvalue weighted by atomic mass is 16.5. The molecular formula is C12H22N4O2. The van der Waals surface area contributed by atoms with Gasteiger partial charge in [0.05, 0.1) is 13.2 Å². The second kappa shape index (κ2) is 7.81. The number of carbonyl (C=O) groups excluding carboxylic acids is 1. The van der Waals surface area contributed by atoms with Crippen molar-refractivity contribution in [2.24, 2.45) is 0 Å². The van der Waals surface area contributed by atoms with Crippen LogP contribution in [-0.4, -0.2) is 33.4 Å². The third kappa shape index (κ3) is 4.10. The van der Waals surface area contributed by atoms with Gasteiger partial charge < -0.3 is 9.30 Å². The molecule has 0 aliphatic carbocycles. The minimum absolute atomic E-state index is 0.193. The number of hydrogen-bond donors (Lipinski definition) is 1. The number of rotatable bonds is 8. The highest BCUT2D eigenvalue weighted by Gasteiger charge is 2.18. The van der Waals surface area contributed by atoms with E-state index in [4.69, 9.17) is 4.74 Å². The molecule has 1 heterocycles. The molecule has 0 aliphatic heterocycles. The lowest BCUT2D eigenvalue weighted by Crippen LogP contribution is -2.38. The van der Waals surface area contributed by atoms with E-state index in [-0.39, 0.29) is 12.0 Å². The van der Waals surface area contributed by atoms with E-state index in [1.54, 1.807) is 6.33 Å². The molecule has 0 amide bonds. The van der Waals surface area contributed by atoms with Crippen LogP contribution in [0.15, 0.2) is 6.33 Å². The van der Waals surface area contributed by atoms with Crippen molar-refractivity contribution in [1.82, 2.24) is 20.1 Å². The summed E-state index contributed by atoms with van der Waals surface area (Å²) in [5.41, 5.74) is 0. The summed E-state index contributed by atoms with van der Waals surface area (Å²) in [6, 6.07) is -0.267. The maximum Gasteiger partial charge on any atom is 0.323 e. The van der Waals surface area contributed by atoms with E-state index in [0.717, 1.165) is 25.2 Å². The van der Waals surface area contributed by atoms with E-state index in [0.29, 0.717) is 13.2 Å². The molecule has 1 rings (SSSR count). The van der Waals surface area contributed by atoms with E-state index in [9.17, 15) is 4.79 Å². The number of nitrogens with one attached hydrogen (secondary N) is 1. The molecule has 0 aliphatic rings. The van der Waals surface area contributed by atoms with Gasteiger partial charge in [0, 0.05) is 6.54 Å². The number of carbonyl (C=O) groups is 1. The second-order valence-electron chi connectivity index (χ2n) is 4.01. The van der Waals surface area contributed by atoms with Gasteiger partial charge in [-0.05, 0) is 20.3 Å². The van der Waals surface area contributed by atoms with Gasteiger partial charge in [-0.3, -0.25) is 10.1 Å². The molecule has 0 saturated carbocycles. The van der Waals surface area contributed by atoms with Crippen LogP contribution in [0.2, 0.25) is 0 Å². The highest BCUT2D eigenvalue weighted by molar-refractivity contribution is 5.75. The summed E-state index contributed by atoms with van der Waals surface area (Å²) in [5.74, 6) is 0.643. The van der Waals surface area contributed by atoms with E-state index in [1.165, 1.54) is 0 Å². The Morgan fingerprint density at radius 3 is 2.89 bits per heavy atom. The average Bonchev–Trinajstić information content (AvgIpc) is 2.82. The molecule has 18 heavy (non-hydrogen) atoms. The van der Waals surface area contributed by atoms with Crippen molar-refractivity contribution in [1.29, 1.82) is 0 Å². The van der Waals surface area contributed by atoms with Crippen molar-refractivity contribution < 1.29 is 9.53 Å². The Hall–Kier alpha value is -1.43. The molecule has 0 saturated heterocycles. The summed E-state index contributed by atoms with van der Waals surface area (Å²) in [6.07, 6.45) is 3.38. The second-order valence-corrected chi connectivity index (χ2v) is 4.01. The Morgan fingerprint density at radius 1 is 1.50 bits per heavy atom. The van der Waals surface area contributed by atoms with E-state index < -0.39 is 0 Å². The molecule has 0 spiro atoms. The summed E-state index contributed by atoms with van der Waals surface area (Å²) in [7, 11) is 0. The van der Waals surface area contributed by atoms with Crippen LogP contribution in [0, 0.1) is 0 Å². The van der Waals surface area contributed by atoms with Crippen LogP contribution >= 0.6 is 0 Å². The van der Waals surface area contributed by atoms with Crippen molar-refractivity contribution in [2.45, 2.75) is 52.7 Å². The van der Waals surface area contributed by atoms with Gasteiger partial charge in [-0.1, -0.05) is 13.3 Å². The molecule has 1 N–H and O–H groups in total. The van der Waals surface area contributed by atoms with Crippen molar-refractivity contribution in [2.75, 3.05) is 6.61 Å². The Labute approximate surface area is 108 Å². The smallest absolute Gasteiger partial charge is 0.323 e. The lowest BCUT2D eigenvalue weighted by atomic mass is 10.1. The zero-order chi connectivity index (χ0) is 13.4. The van der Waals surface area contributed by atoms with Crippen LogP contribution < -0.4 is 5.32 Å². The first-order chi connectivity index (χ1) is 8.72. The Morgan fingerprint density at radius 2 is 2.28 bits per heavy atom. The summed E-state index contributed by atoms with van der Waals surface area (Å²) in [5, 5.41) is 11.1. The normalized spacial score (nSPS) is 12.4. The molecule has 0 radical (unpaired) electrons. The molecule has 0 bridgehead atoms. The predicted molar refractivity (Wildman–Crippen MR) is 67.9 cm³/mol. The maximum atomic E-state index is 11.7. The third-order valence-corrected chi connectivity index (χ3v) is 2.69. The zero-order valence-electron chi connectivity index (χ0n) is 11.3. The van der Waals surface area contributed by atoms with Crippen LogP contribution in [0.25, 0.3) is 0 Å². The van der Waals surface area contributed by atoms with Crippen molar-refractivity contribution in [3.05, 3.63) is 12.2 Å². The van der Waals surface area contributed by atoms with Crippen LogP contribution in [0.1, 0.15) is 39.4 Å². The van der Waals surface area contributed by atoms with E-state index >= 15 is 0 Å². The van der Waals surface area contributed by atoms with Crippen LogP contribution in [-0.2, 0) is 22.6 Å². The van der Waals surface area contributed by atoms with Crippen LogP contribution in [0.4, 0.5) is 0 Å². The maximum absolute atomic E-state index is 11.7. The first-order valence-corrected chi connectivity index (χ1v) is 6.49. The molecule has 0 aromatic carbocycles. The molecule has 1 aromatic heterocycles. The average molecular weight is 254 g/mol. The van der Waals surface area contributed by atoms with Crippen molar-refractivity contribution >= 4 is 5.97 Å².